The zero-order valence-electron chi connectivity index (χ0n) is 13.7. The third-order valence-electron chi connectivity index (χ3n) is 3.40. The molecule has 0 saturated carbocycles. The van der Waals surface area contributed by atoms with E-state index in [4.69, 9.17) is 4.74 Å². The van der Waals surface area contributed by atoms with Crippen molar-refractivity contribution in [3.05, 3.63) is 58.1 Å². The van der Waals surface area contributed by atoms with Crippen LogP contribution in [0.15, 0.2) is 42.5 Å². The summed E-state index contributed by atoms with van der Waals surface area (Å²) < 4.78 is 5.08. The van der Waals surface area contributed by atoms with Gasteiger partial charge in [0.05, 0.1) is 23.8 Å². The second-order valence-electron chi connectivity index (χ2n) is 5.07. The van der Waals surface area contributed by atoms with Gasteiger partial charge in [0, 0.05) is 23.7 Å². The van der Waals surface area contributed by atoms with Crippen LogP contribution in [0.3, 0.4) is 0 Å². The number of hydrogen-bond donors (Lipinski definition) is 2. The van der Waals surface area contributed by atoms with Gasteiger partial charge < -0.3 is 15.4 Å². The molecule has 2 aromatic rings. The predicted molar refractivity (Wildman–Crippen MR) is 93.0 cm³/mol. The third kappa shape index (κ3) is 4.54. The molecule has 0 unspecified atom stereocenters. The van der Waals surface area contributed by atoms with Crippen molar-refractivity contribution in [3.8, 4) is 5.75 Å². The Morgan fingerprint density at radius 1 is 1.12 bits per heavy atom. The molecule has 0 bridgehead atoms. The van der Waals surface area contributed by atoms with Gasteiger partial charge in [0.2, 0.25) is 5.91 Å². The Hall–Kier alpha value is -3.42. The van der Waals surface area contributed by atoms with Gasteiger partial charge in [-0.2, -0.15) is 0 Å². The Kier molecular flexibility index (Phi) is 5.67. The third-order valence-corrected chi connectivity index (χ3v) is 3.40. The van der Waals surface area contributed by atoms with Crippen LogP contribution in [0.25, 0.3) is 0 Å². The largest absolute Gasteiger partial charge is 0.494 e. The normalized spacial score (nSPS) is 10.0. The van der Waals surface area contributed by atoms with Crippen molar-refractivity contribution < 1.29 is 19.2 Å². The van der Waals surface area contributed by atoms with E-state index >= 15 is 0 Å². The van der Waals surface area contributed by atoms with Crippen molar-refractivity contribution in [3.63, 3.8) is 0 Å². The van der Waals surface area contributed by atoms with Crippen molar-refractivity contribution in [1.82, 2.24) is 0 Å². The fourth-order valence-corrected chi connectivity index (χ4v) is 2.05. The number of methoxy groups -OCH3 is 1. The Labute approximate surface area is 144 Å². The average molecular weight is 343 g/mol. The molecule has 0 aliphatic carbocycles. The lowest BCUT2D eigenvalue weighted by Gasteiger charge is -2.10. The standard InChI is InChI=1S/C17H17N3O5/c1-3-16(21)18-12-6-4-11(5-7-12)17(22)19-14-9-8-13(20(23)24)10-15(14)25-2/h4-10H,3H2,1-2H3,(H,18,21)(H,19,22). The highest BCUT2D eigenvalue weighted by atomic mass is 16.6. The highest BCUT2D eigenvalue weighted by Gasteiger charge is 2.14. The van der Waals surface area contributed by atoms with Crippen molar-refractivity contribution in [2.75, 3.05) is 17.7 Å². The number of rotatable bonds is 6. The highest BCUT2D eigenvalue weighted by molar-refractivity contribution is 6.05. The number of carbonyl (C=O) groups excluding carboxylic acids is 2. The van der Waals surface area contributed by atoms with Crippen LogP contribution >= 0.6 is 0 Å². The van der Waals surface area contributed by atoms with E-state index in [9.17, 15) is 19.7 Å². The van der Waals surface area contributed by atoms with Crippen molar-refractivity contribution in [2.24, 2.45) is 0 Å². The molecular formula is C17H17N3O5. The van der Waals surface area contributed by atoms with Crippen LogP contribution in [0.2, 0.25) is 0 Å². The minimum atomic E-state index is -0.544. The summed E-state index contributed by atoms with van der Waals surface area (Å²) in [5.41, 5.74) is 1.15. The Morgan fingerprint density at radius 3 is 2.36 bits per heavy atom. The van der Waals surface area contributed by atoms with Gasteiger partial charge in [-0.05, 0) is 30.3 Å². The molecule has 0 aromatic heterocycles. The molecule has 0 aliphatic heterocycles. The molecule has 8 nitrogen and oxygen atoms in total. The lowest BCUT2D eigenvalue weighted by atomic mass is 10.1. The van der Waals surface area contributed by atoms with Crippen LogP contribution in [0.1, 0.15) is 23.7 Å². The summed E-state index contributed by atoms with van der Waals surface area (Å²) in [5, 5.41) is 16.1. The number of carbonyl (C=O) groups is 2. The van der Waals surface area contributed by atoms with E-state index in [1.165, 1.54) is 25.3 Å². The van der Waals surface area contributed by atoms with E-state index in [1.807, 2.05) is 0 Å². The zero-order valence-corrected chi connectivity index (χ0v) is 13.7. The molecule has 0 fully saturated rings. The number of nitro groups is 1. The smallest absolute Gasteiger partial charge is 0.273 e. The molecule has 2 rings (SSSR count). The van der Waals surface area contributed by atoms with Crippen molar-refractivity contribution in [2.45, 2.75) is 13.3 Å². The van der Waals surface area contributed by atoms with Gasteiger partial charge in [-0.25, -0.2) is 0 Å². The quantitative estimate of drug-likeness (QED) is 0.618. The van der Waals surface area contributed by atoms with Crippen molar-refractivity contribution >= 4 is 28.9 Å². The molecule has 130 valence electrons. The number of ether oxygens (including phenoxy) is 1. The van der Waals surface area contributed by atoms with Crippen LogP contribution in [-0.4, -0.2) is 23.8 Å². The molecule has 8 heteroatoms. The zero-order chi connectivity index (χ0) is 18.4. The van der Waals surface area contributed by atoms with Gasteiger partial charge >= 0.3 is 0 Å². The fraction of sp³-hybridized carbons (Fsp3) is 0.176. The van der Waals surface area contributed by atoms with Gasteiger partial charge in [0.25, 0.3) is 11.6 Å². The summed E-state index contributed by atoms with van der Waals surface area (Å²) in [6, 6.07) is 10.3. The monoisotopic (exact) mass is 343 g/mol. The molecule has 0 spiro atoms. The van der Waals surface area contributed by atoms with Gasteiger partial charge in [-0.15, -0.1) is 0 Å². The van der Waals surface area contributed by atoms with Gasteiger partial charge in [-0.1, -0.05) is 6.92 Å². The lowest BCUT2D eigenvalue weighted by molar-refractivity contribution is -0.384. The molecule has 25 heavy (non-hydrogen) atoms. The molecule has 2 N–H and O–H groups in total. The molecular weight excluding hydrogens is 326 g/mol. The first-order chi connectivity index (χ1) is 11.9. The van der Waals surface area contributed by atoms with E-state index < -0.39 is 10.8 Å². The number of nitro benzene ring substituents is 1. The molecule has 2 aromatic carbocycles. The Bertz CT molecular complexity index is 802. The molecule has 2 amide bonds. The van der Waals surface area contributed by atoms with E-state index in [0.29, 0.717) is 23.4 Å². The van der Waals surface area contributed by atoms with Crippen LogP contribution in [-0.2, 0) is 4.79 Å². The summed E-state index contributed by atoms with van der Waals surface area (Å²) >= 11 is 0. The number of anilines is 2. The number of hydrogen-bond acceptors (Lipinski definition) is 5. The number of benzene rings is 2. The first kappa shape index (κ1) is 17.9. The summed E-state index contributed by atoms with van der Waals surface area (Å²) in [5.74, 6) is -0.331. The van der Waals surface area contributed by atoms with Gasteiger partial charge in [0.1, 0.15) is 5.75 Å². The molecule has 0 atom stereocenters. The lowest BCUT2D eigenvalue weighted by Crippen LogP contribution is -2.13. The predicted octanol–water partition coefficient (Wildman–Crippen LogP) is 3.20. The Balaban J connectivity index is 2.14. The van der Waals surface area contributed by atoms with Gasteiger partial charge in [0.15, 0.2) is 0 Å². The average Bonchev–Trinajstić information content (AvgIpc) is 2.62. The van der Waals surface area contributed by atoms with Crippen LogP contribution in [0.4, 0.5) is 17.1 Å². The maximum atomic E-state index is 12.3. The molecule has 0 aliphatic rings. The van der Waals surface area contributed by atoms with Crippen LogP contribution < -0.4 is 15.4 Å². The second-order valence-corrected chi connectivity index (χ2v) is 5.07. The number of amides is 2. The van der Waals surface area contributed by atoms with Gasteiger partial charge in [-0.3, -0.25) is 19.7 Å². The van der Waals surface area contributed by atoms with E-state index in [0.717, 1.165) is 0 Å². The number of nitrogens with zero attached hydrogens (tertiary/aromatic N) is 1. The maximum absolute atomic E-state index is 12.3. The SMILES string of the molecule is CCC(=O)Nc1ccc(C(=O)Nc2ccc([N+](=O)[O-])cc2OC)cc1. The van der Waals surface area contributed by atoms with E-state index in [-0.39, 0.29) is 17.3 Å². The molecule has 0 saturated heterocycles. The van der Waals surface area contributed by atoms with Crippen molar-refractivity contribution in [1.29, 1.82) is 0 Å². The summed E-state index contributed by atoms with van der Waals surface area (Å²) in [7, 11) is 1.36. The summed E-state index contributed by atoms with van der Waals surface area (Å²) in [6.45, 7) is 1.74. The fourth-order valence-electron chi connectivity index (χ4n) is 2.05. The first-order valence-electron chi connectivity index (χ1n) is 7.48. The molecule has 0 radical (unpaired) electrons. The second kappa shape index (κ2) is 7.91. The maximum Gasteiger partial charge on any atom is 0.273 e. The number of nitrogens with one attached hydrogen (secondary N) is 2. The Morgan fingerprint density at radius 2 is 1.80 bits per heavy atom. The van der Waals surface area contributed by atoms with Crippen LogP contribution in [0, 0.1) is 10.1 Å². The minimum absolute atomic E-state index is 0.118. The molecule has 0 heterocycles. The topological polar surface area (TPSA) is 111 Å². The number of non-ortho nitro benzene ring substituents is 1. The highest BCUT2D eigenvalue weighted by Crippen LogP contribution is 2.29. The minimum Gasteiger partial charge on any atom is -0.494 e. The summed E-state index contributed by atoms with van der Waals surface area (Å²) in [4.78, 5) is 33.9. The summed E-state index contributed by atoms with van der Waals surface area (Å²) in [6.07, 6.45) is 0.363. The van der Waals surface area contributed by atoms with E-state index in [1.54, 1.807) is 31.2 Å². The van der Waals surface area contributed by atoms with Crippen LogP contribution in [0.5, 0.6) is 5.75 Å². The van der Waals surface area contributed by atoms with E-state index in [2.05, 4.69) is 10.6 Å². The first-order valence-corrected chi connectivity index (χ1v) is 7.48.